The van der Waals surface area contributed by atoms with Gasteiger partial charge < -0.3 is 5.11 Å². The third-order valence-electron chi connectivity index (χ3n) is 2.18. The number of carboxylic acid groups (broad SMARTS) is 1. The van der Waals surface area contributed by atoms with Crippen LogP contribution in [0, 0.1) is 0 Å². The van der Waals surface area contributed by atoms with Gasteiger partial charge in [0.2, 0.25) is 0 Å². The van der Waals surface area contributed by atoms with Crippen LogP contribution in [0.3, 0.4) is 0 Å². The molecule has 0 aliphatic heterocycles. The number of halogens is 1. The van der Waals surface area contributed by atoms with Gasteiger partial charge in [-0.1, -0.05) is 35.9 Å². The summed E-state index contributed by atoms with van der Waals surface area (Å²) in [5.41, 5.74) is 0.782. The molecule has 0 radical (unpaired) electrons. The lowest BCUT2D eigenvalue weighted by atomic mass is 9.96. The molecule has 0 aliphatic rings. The van der Waals surface area contributed by atoms with E-state index in [0.717, 1.165) is 5.56 Å². The summed E-state index contributed by atoms with van der Waals surface area (Å²) < 4.78 is 0. The predicted molar refractivity (Wildman–Crippen MR) is 61.3 cm³/mol. The van der Waals surface area contributed by atoms with Gasteiger partial charge in [-0.3, -0.25) is 4.79 Å². The largest absolute Gasteiger partial charge is 0.481 e. The third kappa shape index (κ3) is 3.40. The molecule has 0 fully saturated rings. The van der Waals surface area contributed by atoms with E-state index in [1.165, 1.54) is 0 Å². The van der Waals surface area contributed by atoms with Crippen molar-refractivity contribution in [1.82, 2.24) is 0 Å². The van der Waals surface area contributed by atoms with Gasteiger partial charge in [0, 0.05) is 5.02 Å². The number of aliphatic carboxylic acids is 1. The Bertz CT molecular complexity index is 354. The molecule has 1 aromatic carbocycles. The van der Waals surface area contributed by atoms with Crippen molar-refractivity contribution >= 4 is 17.6 Å². The molecule has 1 atom stereocenters. The van der Waals surface area contributed by atoms with E-state index in [1.807, 2.05) is 19.1 Å². The molecule has 1 N–H and O–H groups in total. The SMILES string of the molecule is CC=CCC(C(=O)O)c1ccc(Cl)cc1. The van der Waals surface area contributed by atoms with Crippen LogP contribution < -0.4 is 0 Å². The highest BCUT2D eigenvalue weighted by molar-refractivity contribution is 6.30. The summed E-state index contributed by atoms with van der Waals surface area (Å²) in [5, 5.41) is 9.68. The van der Waals surface area contributed by atoms with Gasteiger partial charge in [-0.2, -0.15) is 0 Å². The Balaban J connectivity index is 2.88. The van der Waals surface area contributed by atoms with Crippen LogP contribution in [0.5, 0.6) is 0 Å². The van der Waals surface area contributed by atoms with Gasteiger partial charge in [0.1, 0.15) is 0 Å². The standard InChI is InChI=1S/C12H13ClO2/c1-2-3-4-11(12(14)15)9-5-7-10(13)8-6-9/h2-3,5-8,11H,4H2,1H3,(H,14,15). The fourth-order valence-corrected chi connectivity index (χ4v) is 1.47. The maximum Gasteiger partial charge on any atom is 0.311 e. The first-order valence-electron chi connectivity index (χ1n) is 4.74. The molecule has 0 saturated heterocycles. The lowest BCUT2D eigenvalue weighted by Crippen LogP contribution is -2.10. The zero-order valence-corrected chi connectivity index (χ0v) is 9.24. The molecule has 0 spiro atoms. The summed E-state index contributed by atoms with van der Waals surface area (Å²) in [5.74, 6) is -1.30. The van der Waals surface area contributed by atoms with Gasteiger partial charge in [-0.25, -0.2) is 0 Å². The van der Waals surface area contributed by atoms with Crippen molar-refractivity contribution in [3.8, 4) is 0 Å². The van der Waals surface area contributed by atoms with Crippen LogP contribution in [0.2, 0.25) is 5.02 Å². The third-order valence-corrected chi connectivity index (χ3v) is 2.43. The highest BCUT2D eigenvalue weighted by Gasteiger charge is 2.17. The highest BCUT2D eigenvalue weighted by Crippen LogP contribution is 2.22. The normalized spacial score (nSPS) is 12.9. The fourth-order valence-electron chi connectivity index (χ4n) is 1.35. The van der Waals surface area contributed by atoms with Gasteiger partial charge in [0.05, 0.1) is 5.92 Å². The monoisotopic (exact) mass is 224 g/mol. The Morgan fingerprint density at radius 3 is 2.53 bits per heavy atom. The molecule has 0 aliphatic carbocycles. The summed E-state index contributed by atoms with van der Waals surface area (Å²) in [6, 6.07) is 6.93. The van der Waals surface area contributed by atoms with E-state index in [1.54, 1.807) is 24.3 Å². The molecule has 0 bridgehead atoms. The molecule has 15 heavy (non-hydrogen) atoms. The minimum absolute atomic E-state index is 0.488. The number of carboxylic acids is 1. The van der Waals surface area contributed by atoms with Crippen molar-refractivity contribution in [2.75, 3.05) is 0 Å². The van der Waals surface area contributed by atoms with Crippen LogP contribution in [0.25, 0.3) is 0 Å². The quantitative estimate of drug-likeness (QED) is 0.796. The first-order chi connectivity index (χ1) is 7.15. The van der Waals surface area contributed by atoms with E-state index in [2.05, 4.69) is 0 Å². The zero-order valence-electron chi connectivity index (χ0n) is 8.48. The molecule has 2 nitrogen and oxygen atoms in total. The smallest absolute Gasteiger partial charge is 0.311 e. The van der Waals surface area contributed by atoms with Gasteiger partial charge in [0.15, 0.2) is 0 Å². The molecular formula is C12H13ClO2. The molecule has 3 heteroatoms. The second-order valence-corrected chi connectivity index (χ2v) is 3.68. The molecule has 0 heterocycles. The van der Waals surface area contributed by atoms with E-state index < -0.39 is 11.9 Å². The Kier molecular flexibility index (Phi) is 4.37. The molecule has 1 unspecified atom stereocenters. The summed E-state index contributed by atoms with van der Waals surface area (Å²) >= 11 is 5.74. The number of hydrogen-bond donors (Lipinski definition) is 1. The van der Waals surface area contributed by atoms with Crippen molar-refractivity contribution < 1.29 is 9.90 Å². The fraction of sp³-hybridized carbons (Fsp3) is 0.250. The topological polar surface area (TPSA) is 37.3 Å². The van der Waals surface area contributed by atoms with Gasteiger partial charge in [0.25, 0.3) is 0 Å². The molecule has 0 saturated carbocycles. The van der Waals surface area contributed by atoms with Crippen LogP contribution in [-0.4, -0.2) is 11.1 Å². The number of rotatable bonds is 4. The second-order valence-electron chi connectivity index (χ2n) is 3.25. The molecule has 1 rings (SSSR count). The Morgan fingerprint density at radius 2 is 2.07 bits per heavy atom. The Morgan fingerprint density at radius 1 is 1.47 bits per heavy atom. The van der Waals surface area contributed by atoms with E-state index in [9.17, 15) is 4.79 Å². The van der Waals surface area contributed by atoms with E-state index in [-0.39, 0.29) is 0 Å². The average molecular weight is 225 g/mol. The molecule has 0 aromatic heterocycles. The number of carbonyl (C=O) groups is 1. The van der Waals surface area contributed by atoms with Crippen LogP contribution in [-0.2, 0) is 4.79 Å². The van der Waals surface area contributed by atoms with Crippen molar-refractivity contribution in [3.63, 3.8) is 0 Å². The van der Waals surface area contributed by atoms with E-state index >= 15 is 0 Å². The van der Waals surface area contributed by atoms with Crippen LogP contribution >= 0.6 is 11.6 Å². The molecular weight excluding hydrogens is 212 g/mol. The average Bonchev–Trinajstić information content (AvgIpc) is 2.21. The molecule has 1 aromatic rings. The zero-order chi connectivity index (χ0) is 11.3. The molecule has 0 amide bonds. The lowest BCUT2D eigenvalue weighted by molar-refractivity contribution is -0.138. The maximum absolute atomic E-state index is 11.0. The number of allylic oxidation sites excluding steroid dienone is 2. The molecule has 80 valence electrons. The van der Waals surface area contributed by atoms with Gasteiger partial charge >= 0.3 is 5.97 Å². The van der Waals surface area contributed by atoms with E-state index in [4.69, 9.17) is 16.7 Å². The summed E-state index contributed by atoms with van der Waals surface area (Å²) in [6.45, 7) is 1.88. The van der Waals surface area contributed by atoms with Crippen LogP contribution in [0.4, 0.5) is 0 Å². The maximum atomic E-state index is 11.0. The number of hydrogen-bond acceptors (Lipinski definition) is 1. The Hall–Kier alpha value is -1.28. The highest BCUT2D eigenvalue weighted by atomic mass is 35.5. The lowest BCUT2D eigenvalue weighted by Gasteiger charge is -2.10. The minimum Gasteiger partial charge on any atom is -0.481 e. The second kappa shape index (κ2) is 5.56. The van der Waals surface area contributed by atoms with E-state index in [0.29, 0.717) is 11.4 Å². The first kappa shape index (κ1) is 11.8. The van der Waals surface area contributed by atoms with Gasteiger partial charge in [-0.15, -0.1) is 0 Å². The van der Waals surface area contributed by atoms with Crippen LogP contribution in [0.1, 0.15) is 24.8 Å². The van der Waals surface area contributed by atoms with Crippen molar-refractivity contribution in [2.24, 2.45) is 0 Å². The van der Waals surface area contributed by atoms with Crippen LogP contribution in [0.15, 0.2) is 36.4 Å². The van der Waals surface area contributed by atoms with Gasteiger partial charge in [-0.05, 0) is 31.0 Å². The predicted octanol–water partition coefficient (Wildman–Crippen LogP) is 3.47. The first-order valence-corrected chi connectivity index (χ1v) is 5.12. The summed E-state index contributed by atoms with van der Waals surface area (Å²) in [6.07, 6.45) is 4.21. The Labute approximate surface area is 94.2 Å². The summed E-state index contributed by atoms with van der Waals surface area (Å²) in [7, 11) is 0. The van der Waals surface area contributed by atoms with Crippen molar-refractivity contribution in [3.05, 3.63) is 47.0 Å². The summed E-state index contributed by atoms with van der Waals surface area (Å²) in [4.78, 5) is 11.0. The minimum atomic E-state index is -0.810. The van der Waals surface area contributed by atoms with Crippen molar-refractivity contribution in [2.45, 2.75) is 19.3 Å². The number of benzene rings is 1. The van der Waals surface area contributed by atoms with Crippen molar-refractivity contribution in [1.29, 1.82) is 0 Å².